The second-order valence-electron chi connectivity index (χ2n) is 4.15. The minimum absolute atomic E-state index is 0.403. The number of hydrogen-bond acceptors (Lipinski definition) is 2. The fraction of sp³-hybridized carbons (Fsp3) is 0.286. The van der Waals surface area contributed by atoms with Gasteiger partial charge in [0.2, 0.25) is 0 Å². The minimum Gasteiger partial charge on any atom is -0.306 e. The number of rotatable bonds is 4. The Labute approximate surface area is 101 Å². The van der Waals surface area contributed by atoms with Crippen molar-refractivity contribution in [3.63, 3.8) is 0 Å². The van der Waals surface area contributed by atoms with Gasteiger partial charge in [-0.05, 0) is 41.8 Å². The summed E-state index contributed by atoms with van der Waals surface area (Å²) in [6.07, 6.45) is 0. The van der Waals surface area contributed by atoms with E-state index in [4.69, 9.17) is 0 Å². The Hall–Kier alpha value is -1.12. The van der Waals surface area contributed by atoms with E-state index in [0.717, 1.165) is 6.54 Å². The van der Waals surface area contributed by atoms with Crippen LogP contribution < -0.4 is 5.32 Å². The van der Waals surface area contributed by atoms with E-state index in [2.05, 4.69) is 60.3 Å². The molecule has 0 saturated carbocycles. The molecule has 0 unspecified atom stereocenters. The number of nitrogens with one attached hydrogen (secondary N) is 1. The maximum Gasteiger partial charge on any atom is 0.0295 e. The lowest BCUT2D eigenvalue weighted by Crippen LogP contribution is -2.17. The van der Waals surface area contributed by atoms with Crippen molar-refractivity contribution in [2.45, 2.75) is 26.4 Å². The van der Waals surface area contributed by atoms with Crippen molar-refractivity contribution in [1.82, 2.24) is 5.32 Å². The van der Waals surface area contributed by atoms with E-state index in [-0.39, 0.29) is 0 Å². The molecule has 1 atom stereocenters. The SMILES string of the molecule is Cc1cccc([C@H](C)NCc2ccsc2)c1. The molecule has 0 fully saturated rings. The predicted octanol–water partition coefficient (Wildman–Crippen LogP) is 3.91. The normalized spacial score (nSPS) is 12.6. The molecule has 1 N–H and O–H groups in total. The molecule has 1 aromatic carbocycles. The van der Waals surface area contributed by atoms with Crippen LogP contribution in [0.15, 0.2) is 41.1 Å². The molecule has 1 heterocycles. The van der Waals surface area contributed by atoms with E-state index >= 15 is 0 Å². The molecule has 0 aliphatic carbocycles. The third-order valence-electron chi connectivity index (χ3n) is 2.73. The van der Waals surface area contributed by atoms with Gasteiger partial charge in [0.15, 0.2) is 0 Å². The van der Waals surface area contributed by atoms with E-state index in [1.807, 2.05) is 0 Å². The fourth-order valence-corrected chi connectivity index (χ4v) is 2.39. The summed E-state index contributed by atoms with van der Waals surface area (Å²) in [4.78, 5) is 0. The van der Waals surface area contributed by atoms with Gasteiger partial charge in [-0.1, -0.05) is 29.8 Å². The molecule has 0 amide bonds. The lowest BCUT2D eigenvalue weighted by Gasteiger charge is -2.14. The summed E-state index contributed by atoms with van der Waals surface area (Å²) in [6, 6.07) is 11.2. The van der Waals surface area contributed by atoms with Gasteiger partial charge in [-0.25, -0.2) is 0 Å². The van der Waals surface area contributed by atoms with Crippen molar-refractivity contribution in [2.75, 3.05) is 0 Å². The maximum atomic E-state index is 3.54. The Kier molecular flexibility index (Phi) is 3.75. The smallest absolute Gasteiger partial charge is 0.0295 e. The molecular formula is C14H17NS. The van der Waals surface area contributed by atoms with Crippen molar-refractivity contribution >= 4 is 11.3 Å². The van der Waals surface area contributed by atoms with Crippen molar-refractivity contribution in [3.05, 3.63) is 57.8 Å². The van der Waals surface area contributed by atoms with Gasteiger partial charge in [0, 0.05) is 12.6 Å². The Bertz CT molecular complexity index is 434. The van der Waals surface area contributed by atoms with Crippen LogP contribution in [0.5, 0.6) is 0 Å². The van der Waals surface area contributed by atoms with Crippen molar-refractivity contribution in [2.24, 2.45) is 0 Å². The van der Waals surface area contributed by atoms with Gasteiger partial charge in [-0.3, -0.25) is 0 Å². The van der Waals surface area contributed by atoms with Gasteiger partial charge < -0.3 is 5.32 Å². The summed E-state index contributed by atoms with van der Waals surface area (Å²) in [6.45, 7) is 5.29. The molecule has 0 aliphatic rings. The van der Waals surface area contributed by atoms with E-state index in [1.54, 1.807) is 11.3 Å². The van der Waals surface area contributed by atoms with Crippen LogP contribution in [0.2, 0.25) is 0 Å². The number of benzene rings is 1. The molecule has 84 valence electrons. The summed E-state index contributed by atoms with van der Waals surface area (Å²) in [5, 5.41) is 7.85. The average molecular weight is 231 g/mol. The summed E-state index contributed by atoms with van der Waals surface area (Å²) in [5.74, 6) is 0. The first kappa shape index (κ1) is 11.4. The average Bonchev–Trinajstić information content (AvgIpc) is 2.78. The second-order valence-corrected chi connectivity index (χ2v) is 4.93. The van der Waals surface area contributed by atoms with Crippen LogP contribution in [0.25, 0.3) is 0 Å². The van der Waals surface area contributed by atoms with Crippen LogP contribution in [0, 0.1) is 6.92 Å². The van der Waals surface area contributed by atoms with E-state index in [0.29, 0.717) is 6.04 Å². The molecule has 2 heteroatoms. The predicted molar refractivity (Wildman–Crippen MR) is 70.8 cm³/mol. The zero-order valence-corrected chi connectivity index (χ0v) is 10.6. The number of thiophene rings is 1. The van der Waals surface area contributed by atoms with Crippen LogP contribution in [-0.2, 0) is 6.54 Å². The van der Waals surface area contributed by atoms with Gasteiger partial charge in [0.25, 0.3) is 0 Å². The Morgan fingerprint density at radius 2 is 2.19 bits per heavy atom. The van der Waals surface area contributed by atoms with Gasteiger partial charge >= 0.3 is 0 Å². The third-order valence-corrected chi connectivity index (χ3v) is 3.47. The highest BCUT2D eigenvalue weighted by Gasteiger charge is 2.04. The van der Waals surface area contributed by atoms with Crippen LogP contribution in [-0.4, -0.2) is 0 Å². The maximum absolute atomic E-state index is 3.54. The van der Waals surface area contributed by atoms with Crippen molar-refractivity contribution in [1.29, 1.82) is 0 Å². The molecular weight excluding hydrogens is 214 g/mol. The van der Waals surface area contributed by atoms with Gasteiger partial charge in [0.05, 0.1) is 0 Å². The molecule has 2 rings (SSSR count). The molecule has 0 bridgehead atoms. The molecule has 0 saturated heterocycles. The van der Waals surface area contributed by atoms with Gasteiger partial charge in [-0.15, -0.1) is 0 Å². The summed E-state index contributed by atoms with van der Waals surface area (Å²) in [7, 11) is 0. The third kappa shape index (κ3) is 2.94. The second kappa shape index (κ2) is 5.28. The van der Waals surface area contributed by atoms with Gasteiger partial charge in [0.1, 0.15) is 0 Å². The zero-order chi connectivity index (χ0) is 11.4. The first-order valence-corrected chi connectivity index (χ1v) is 6.51. The summed E-state index contributed by atoms with van der Waals surface area (Å²) >= 11 is 1.75. The molecule has 2 aromatic rings. The molecule has 16 heavy (non-hydrogen) atoms. The van der Waals surface area contributed by atoms with E-state index < -0.39 is 0 Å². The monoisotopic (exact) mass is 231 g/mol. The lowest BCUT2D eigenvalue weighted by atomic mass is 10.1. The van der Waals surface area contributed by atoms with E-state index in [1.165, 1.54) is 16.7 Å². The number of hydrogen-bond donors (Lipinski definition) is 1. The topological polar surface area (TPSA) is 12.0 Å². The summed E-state index contributed by atoms with van der Waals surface area (Å²) < 4.78 is 0. The van der Waals surface area contributed by atoms with E-state index in [9.17, 15) is 0 Å². The fourth-order valence-electron chi connectivity index (χ4n) is 1.72. The standard InChI is InChI=1S/C14H17NS/c1-11-4-3-5-14(8-11)12(2)15-9-13-6-7-16-10-13/h3-8,10,12,15H,9H2,1-2H3/t12-/m0/s1. The molecule has 0 radical (unpaired) electrons. The highest BCUT2D eigenvalue weighted by Crippen LogP contribution is 2.15. The Morgan fingerprint density at radius 3 is 2.88 bits per heavy atom. The van der Waals surface area contributed by atoms with Crippen LogP contribution in [0.4, 0.5) is 0 Å². The van der Waals surface area contributed by atoms with Crippen molar-refractivity contribution < 1.29 is 0 Å². The molecule has 0 aliphatic heterocycles. The highest BCUT2D eigenvalue weighted by molar-refractivity contribution is 7.07. The quantitative estimate of drug-likeness (QED) is 0.841. The first-order valence-electron chi connectivity index (χ1n) is 5.57. The summed E-state index contributed by atoms with van der Waals surface area (Å²) in [5.41, 5.74) is 4.04. The largest absolute Gasteiger partial charge is 0.306 e. The highest BCUT2D eigenvalue weighted by atomic mass is 32.1. The Balaban J connectivity index is 1.95. The van der Waals surface area contributed by atoms with Crippen LogP contribution in [0.1, 0.15) is 29.7 Å². The van der Waals surface area contributed by atoms with Crippen LogP contribution >= 0.6 is 11.3 Å². The zero-order valence-electron chi connectivity index (χ0n) is 9.73. The van der Waals surface area contributed by atoms with Crippen LogP contribution in [0.3, 0.4) is 0 Å². The molecule has 1 aromatic heterocycles. The Morgan fingerprint density at radius 1 is 1.31 bits per heavy atom. The molecule has 0 spiro atoms. The first-order chi connectivity index (χ1) is 7.75. The lowest BCUT2D eigenvalue weighted by molar-refractivity contribution is 0.575. The minimum atomic E-state index is 0.403. The number of aryl methyl sites for hydroxylation is 1. The molecule has 1 nitrogen and oxygen atoms in total. The van der Waals surface area contributed by atoms with Gasteiger partial charge in [-0.2, -0.15) is 11.3 Å². The van der Waals surface area contributed by atoms with Crippen molar-refractivity contribution in [3.8, 4) is 0 Å².